The quantitative estimate of drug-likeness (QED) is 0.619. The summed E-state index contributed by atoms with van der Waals surface area (Å²) >= 11 is 0. The van der Waals surface area contributed by atoms with Gasteiger partial charge in [0.1, 0.15) is 12.1 Å². The summed E-state index contributed by atoms with van der Waals surface area (Å²) in [6.07, 6.45) is 2.50. The molecule has 0 aliphatic heterocycles. The lowest BCUT2D eigenvalue weighted by molar-refractivity contribution is -0.384. The largest absolute Gasteiger partial charge is 0.391 e. The Labute approximate surface area is 115 Å². The van der Waals surface area contributed by atoms with E-state index in [1.807, 2.05) is 6.92 Å². The molecule has 0 spiro atoms. The number of nitro groups is 1. The van der Waals surface area contributed by atoms with E-state index in [9.17, 15) is 15.2 Å². The molecule has 2 aromatic rings. The van der Waals surface area contributed by atoms with Crippen LogP contribution in [0.25, 0.3) is 10.9 Å². The van der Waals surface area contributed by atoms with Crippen LogP contribution in [-0.2, 0) is 0 Å². The zero-order valence-corrected chi connectivity index (χ0v) is 11.1. The molecule has 1 aromatic carbocycles. The third-order valence-corrected chi connectivity index (χ3v) is 2.96. The Morgan fingerprint density at radius 3 is 2.95 bits per heavy atom. The van der Waals surface area contributed by atoms with E-state index in [0.717, 1.165) is 6.42 Å². The van der Waals surface area contributed by atoms with Crippen molar-refractivity contribution in [2.24, 2.45) is 0 Å². The Kier molecular flexibility index (Phi) is 4.41. The van der Waals surface area contributed by atoms with Crippen molar-refractivity contribution >= 4 is 22.4 Å². The minimum Gasteiger partial charge on any atom is -0.391 e. The molecule has 1 heterocycles. The number of anilines is 1. The number of nitrogens with zero attached hydrogens (tertiary/aromatic N) is 3. The lowest BCUT2D eigenvalue weighted by atomic mass is 10.2. The molecule has 7 heteroatoms. The van der Waals surface area contributed by atoms with Crippen molar-refractivity contribution in [1.82, 2.24) is 9.97 Å². The minimum absolute atomic E-state index is 0.00976. The number of benzene rings is 1. The first kappa shape index (κ1) is 14.1. The highest BCUT2D eigenvalue weighted by Crippen LogP contribution is 2.24. The number of nitrogens with one attached hydrogen (secondary N) is 1. The number of rotatable bonds is 6. The molecular formula is C13H16N4O3. The lowest BCUT2D eigenvalue weighted by Gasteiger charge is -2.12. The second-order valence-electron chi connectivity index (χ2n) is 4.50. The Morgan fingerprint density at radius 1 is 1.45 bits per heavy atom. The molecule has 7 nitrogen and oxygen atoms in total. The van der Waals surface area contributed by atoms with E-state index in [1.165, 1.54) is 18.5 Å². The van der Waals surface area contributed by atoms with Crippen molar-refractivity contribution in [3.63, 3.8) is 0 Å². The average molecular weight is 276 g/mol. The first-order valence-electron chi connectivity index (χ1n) is 6.43. The number of non-ortho nitro benzene ring substituents is 1. The van der Waals surface area contributed by atoms with Gasteiger partial charge in [-0.2, -0.15) is 0 Å². The zero-order valence-electron chi connectivity index (χ0n) is 11.1. The number of aromatic nitrogens is 2. The van der Waals surface area contributed by atoms with Crippen LogP contribution < -0.4 is 5.32 Å². The smallest absolute Gasteiger partial charge is 0.270 e. The number of fused-ring (bicyclic) bond motifs is 1. The monoisotopic (exact) mass is 276 g/mol. The molecule has 1 unspecified atom stereocenters. The van der Waals surface area contributed by atoms with Gasteiger partial charge in [-0.15, -0.1) is 0 Å². The van der Waals surface area contributed by atoms with Crippen LogP contribution >= 0.6 is 0 Å². The molecular weight excluding hydrogens is 260 g/mol. The number of hydrogen-bond donors (Lipinski definition) is 2. The van der Waals surface area contributed by atoms with Gasteiger partial charge in [0.15, 0.2) is 0 Å². The maximum atomic E-state index is 10.8. The van der Waals surface area contributed by atoms with Crippen molar-refractivity contribution < 1.29 is 10.0 Å². The summed E-state index contributed by atoms with van der Waals surface area (Å²) in [6, 6.07) is 4.43. The zero-order chi connectivity index (χ0) is 14.5. The molecule has 1 aromatic heterocycles. The summed E-state index contributed by atoms with van der Waals surface area (Å²) in [4.78, 5) is 18.5. The molecule has 20 heavy (non-hydrogen) atoms. The fraction of sp³-hybridized carbons (Fsp3) is 0.385. The molecule has 0 fully saturated rings. The maximum Gasteiger partial charge on any atom is 0.270 e. The summed E-state index contributed by atoms with van der Waals surface area (Å²) in [6.45, 7) is 2.34. The highest BCUT2D eigenvalue weighted by atomic mass is 16.6. The molecule has 0 saturated heterocycles. The van der Waals surface area contributed by atoms with Gasteiger partial charge in [-0.1, -0.05) is 13.3 Å². The van der Waals surface area contributed by atoms with Crippen LogP contribution in [0.5, 0.6) is 0 Å². The fourth-order valence-electron chi connectivity index (χ4n) is 1.95. The predicted molar refractivity (Wildman–Crippen MR) is 75.6 cm³/mol. The molecule has 2 rings (SSSR count). The van der Waals surface area contributed by atoms with Crippen molar-refractivity contribution in [1.29, 1.82) is 0 Å². The van der Waals surface area contributed by atoms with Crippen LogP contribution in [-0.4, -0.2) is 32.6 Å². The van der Waals surface area contributed by atoms with Crippen LogP contribution in [0.4, 0.5) is 11.5 Å². The second kappa shape index (κ2) is 6.25. The Hall–Kier alpha value is -2.28. The number of hydrogen-bond acceptors (Lipinski definition) is 6. The normalized spacial score (nSPS) is 12.3. The van der Waals surface area contributed by atoms with Gasteiger partial charge in [0.05, 0.1) is 16.5 Å². The molecule has 106 valence electrons. The molecule has 0 radical (unpaired) electrons. The van der Waals surface area contributed by atoms with Gasteiger partial charge in [0, 0.05) is 24.1 Å². The van der Waals surface area contributed by atoms with Crippen LogP contribution in [0.1, 0.15) is 19.8 Å². The average Bonchev–Trinajstić information content (AvgIpc) is 2.44. The van der Waals surface area contributed by atoms with Gasteiger partial charge in [-0.3, -0.25) is 10.1 Å². The van der Waals surface area contributed by atoms with Gasteiger partial charge in [0.2, 0.25) is 0 Å². The van der Waals surface area contributed by atoms with Crippen LogP contribution in [0.3, 0.4) is 0 Å². The van der Waals surface area contributed by atoms with E-state index in [4.69, 9.17) is 0 Å². The third kappa shape index (κ3) is 3.18. The Morgan fingerprint density at radius 2 is 2.25 bits per heavy atom. The number of aliphatic hydroxyl groups excluding tert-OH is 1. The van der Waals surface area contributed by atoms with Gasteiger partial charge >= 0.3 is 0 Å². The van der Waals surface area contributed by atoms with E-state index >= 15 is 0 Å². The van der Waals surface area contributed by atoms with Crippen LogP contribution in [0, 0.1) is 10.1 Å². The summed E-state index contributed by atoms with van der Waals surface area (Å²) in [5.74, 6) is 0.494. The van der Waals surface area contributed by atoms with Gasteiger partial charge in [-0.25, -0.2) is 9.97 Å². The molecule has 1 atom stereocenters. The SMILES string of the molecule is CCCC(O)CNc1ncnc2ccc([N+](=O)[O-])cc12. The molecule has 0 bridgehead atoms. The maximum absolute atomic E-state index is 10.8. The van der Waals surface area contributed by atoms with Gasteiger partial charge in [-0.05, 0) is 12.5 Å². The molecule has 2 N–H and O–H groups in total. The molecule has 0 saturated carbocycles. The first-order valence-corrected chi connectivity index (χ1v) is 6.43. The topological polar surface area (TPSA) is 101 Å². The highest BCUT2D eigenvalue weighted by molar-refractivity contribution is 5.90. The van der Waals surface area contributed by atoms with E-state index < -0.39 is 11.0 Å². The Balaban J connectivity index is 2.27. The molecule has 0 amide bonds. The summed E-state index contributed by atoms with van der Waals surface area (Å²) in [7, 11) is 0. The van der Waals surface area contributed by atoms with Gasteiger partial charge in [0.25, 0.3) is 5.69 Å². The number of aliphatic hydroxyl groups is 1. The van der Waals surface area contributed by atoms with E-state index in [1.54, 1.807) is 6.07 Å². The summed E-state index contributed by atoms with van der Waals surface area (Å²) in [5.41, 5.74) is 0.613. The van der Waals surface area contributed by atoms with Crippen LogP contribution in [0.2, 0.25) is 0 Å². The predicted octanol–water partition coefficient (Wildman–Crippen LogP) is 2.11. The van der Waals surface area contributed by atoms with E-state index in [0.29, 0.717) is 29.7 Å². The van der Waals surface area contributed by atoms with Crippen molar-refractivity contribution in [2.45, 2.75) is 25.9 Å². The summed E-state index contributed by atoms with van der Waals surface area (Å²) in [5, 5.41) is 24.1. The van der Waals surface area contributed by atoms with Crippen molar-refractivity contribution in [3.05, 3.63) is 34.6 Å². The third-order valence-electron chi connectivity index (χ3n) is 2.96. The Bertz CT molecular complexity index is 618. The van der Waals surface area contributed by atoms with Crippen LogP contribution in [0.15, 0.2) is 24.5 Å². The summed E-state index contributed by atoms with van der Waals surface area (Å²) < 4.78 is 0. The van der Waals surface area contributed by atoms with E-state index in [2.05, 4.69) is 15.3 Å². The second-order valence-corrected chi connectivity index (χ2v) is 4.50. The lowest BCUT2D eigenvalue weighted by Crippen LogP contribution is -2.19. The molecule has 0 aliphatic rings. The first-order chi connectivity index (χ1) is 9.61. The standard InChI is InChI=1S/C13H16N4O3/c1-2-3-10(18)7-14-13-11-6-9(17(19)20)4-5-12(11)15-8-16-13/h4-6,8,10,18H,2-3,7H2,1H3,(H,14,15,16). The fourth-order valence-corrected chi connectivity index (χ4v) is 1.95. The highest BCUT2D eigenvalue weighted by Gasteiger charge is 2.11. The minimum atomic E-state index is -0.469. The van der Waals surface area contributed by atoms with E-state index in [-0.39, 0.29) is 5.69 Å². The van der Waals surface area contributed by atoms with Crippen molar-refractivity contribution in [2.75, 3.05) is 11.9 Å². The van der Waals surface area contributed by atoms with Crippen molar-refractivity contribution in [3.8, 4) is 0 Å². The molecule has 0 aliphatic carbocycles. The van der Waals surface area contributed by atoms with Gasteiger partial charge < -0.3 is 10.4 Å². The number of nitro benzene ring substituents is 1.